The Bertz CT molecular complexity index is 914. The molecule has 3 aliphatic rings. The number of amides is 1. The second-order valence-corrected chi connectivity index (χ2v) is 7.37. The first-order valence-electron chi connectivity index (χ1n) is 9.21. The first-order chi connectivity index (χ1) is 13.1. The molecule has 27 heavy (non-hydrogen) atoms. The molecule has 2 aromatic heterocycles. The number of ether oxygens (including phenoxy) is 1. The molecule has 2 fully saturated rings. The van der Waals surface area contributed by atoms with Gasteiger partial charge in [0.25, 0.3) is 12.2 Å². The SMILES string of the molecule is O=C([C@H]1C[C@H]2C=C[C@H]1O2)N1CCC[C@H](c2cc(C(F)F)n3ncnc3n2)C1. The second-order valence-electron chi connectivity index (χ2n) is 7.37. The van der Waals surface area contributed by atoms with Gasteiger partial charge >= 0.3 is 0 Å². The Hall–Kier alpha value is -2.42. The van der Waals surface area contributed by atoms with Crippen molar-refractivity contribution < 1.29 is 18.3 Å². The summed E-state index contributed by atoms with van der Waals surface area (Å²) in [5.41, 5.74) is 0.329. The van der Waals surface area contributed by atoms with Crippen molar-refractivity contribution in [1.82, 2.24) is 24.5 Å². The van der Waals surface area contributed by atoms with Crippen molar-refractivity contribution in [3.05, 3.63) is 35.9 Å². The maximum atomic E-state index is 13.4. The summed E-state index contributed by atoms with van der Waals surface area (Å²) in [4.78, 5) is 23.2. The molecule has 0 aliphatic carbocycles. The van der Waals surface area contributed by atoms with Gasteiger partial charge in [-0.3, -0.25) is 4.79 Å². The van der Waals surface area contributed by atoms with Gasteiger partial charge in [0, 0.05) is 19.0 Å². The van der Waals surface area contributed by atoms with Gasteiger partial charge in [0.1, 0.15) is 12.0 Å². The minimum Gasteiger partial charge on any atom is -0.366 e. The minimum atomic E-state index is -2.67. The third kappa shape index (κ3) is 2.80. The van der Waals surface area contributed by atoms with Gasteiger partial charge < -0.3 is 9.64 Å². The Kier molecular flexibility index (Phi) is 3.92. The molecule has 3 aliphatic heterocycles. The summed E-state index contributed by atoms with van der Waals surface area (Å²) in [5, 5.41) is 3.82. The molecule has 142 valence electrons. The molecule has 0 aromatic carbocycles. The van der Waals surface area contributed by atoms with Crippen molar-refractivity contribution in [1.29, 1.82) is 0 Å². The van der Waals surface area contributed by atoms with Crippen LogP contribution in [0.3, 0.4) is 0 Å². The Morgan fingerprint density at radius 3 is 2.96 bits per heavy atom. The molecule has 0 unspecified atom stereocenters. The Morgan fingerprint density at radius 1 is 1.33 bits per heavy atom. The summed E-state index contributed by atoms with van der Waals surface area (Å²) >= 11 is 0. The normalized spacial score (nSPS) is 30.0. The minimum absolute atomic E-state index is 0.0511. The van der Waals surface area contributed by atoms with Gasteiger partial charge in [-0.15, -0.1) is 0 Å². The van der Waals surface area contributed by atoms with E-state index in [2.05, 4.69) is 15.1 Å². The van der Waals surface area contributed by atoms with Crippen LogP contribution in [0.25, 0.3) is 5.78 Å². The van der Waals surface area contributed by atoms with Crippen LogP contribution in [-0.2, 0) is 9.53 Å². The van der Waals surface area contributed by atoms with Gasteiger partial charge in [-0.25, -0.2) is 13.8 Å². The van der Waals surface area contributed by atoms with Gasteiger partial charge in [0.05, 0.1) is 23.8 Å². The molecule has 7 nitrogen and oxygen atoms in total. The number of aromatic nitrogens is 4. The summed E-state index contributed by atoms with van der Waals surface area (Å²) in [7, 11) is 0. The lowest BCUT2D eigenvalue weighted by Gasteiger charge is -2.35. The number of hydrogen-bond acceptors (Lipinski definition) is 5. The summed E-state index contributed by atoms with van der Waals surface area (Å²) < 4.78 is 33.6. The van der Waals surface area contributed by atoms with E-state index in [1.165, 1.54) is 12.4 Å². The largest absolute Gasteiger partial charge is 0.366 e. The average Bonchev–Trinajstić information content (AvgIpc) is 3.42. The third-order valence-corrected chi connectivity index (χ3v) is 5.72. The standard InChI is InChI=1S/C18H19F2N5O2/c19-16(20)14-7-13(23-18-21-9-22-25(14)18)10-2-1-5-24(8-10)17(26)12-6-11-3-4-15(12)27-11/h3-4,7,9-12,15-16H,1-2,5-6,8H2/t10-,11+,12-,15+/m0/s1. The number of halogens is 2. The van der Waals surface area contributed by atoms with E-state index in [9.17, 15) is 13.6 Å². The zero-order chi connectivity index (χ0) is 18.5. The van der Waals surface area contributed by atoms with Crippen molar-refractivity contribution in [2.45, 2.75) is 43.8 Å². The van der Waals surface area contributed by atoms with Crippen LogP contribution in [0.15, 0.2) is 24.5 Å². The summed E-state index contributed by atoms with van der Waals surface area (Å²) in [6, 6.07) is 1.40. The first kappa shape index (κ1) is 16.7. The van der Waals surface area contributed by atoms with Crippen molar-refractivity contribution in [3.8, 4) is 0 Å². The van der Waals surface area contributed by atoms with E-state index in [0.29, 0.717) is 18.8 Å². The van der Waals surface area contributed by atoms with Crippen LogP contribution < -0.4 is 0 Å². The van der Waals surface area contributed by atoms with Gasteiger partial charge in [-0.2, -0.15) is 14.6 Å². The van der Waals surface area contributed by atoms with Crippen molar-refractivity contribution in [2.24, 2.45) is 5.92 Å². The highest BCUT2D eigenvalue weighted by Crippen LogP contribution is 2.36. The van der Waals surface area contributed by atoms with E-state index >= 15 is 0 Å². The second kappa shape index (κ2) is 6.33. The Balaban J connectivity index is 1.39. The zero-order valence-electron chi connectivity index (χ0n) is 14.5. The number of hydrogen-bond donors (Lipinski definition) is 0. The predicted octanol–water partition coefficient (Wildman–Crippen LogP) is 2.11. The highest BCUT2D eigenvalue weighted by Gasteiger charge is 2.43. The molecule has 1 amide bonds. The number of carbonyl (C=O) groups excluding carboxylic acids is 1. The fourth-order valence-corrected chi connectivity index (χ4v) is 4.39. The smallest absolute Gasteiger partial charge is 0.280 e. The lowest BCUT2D eigenvalue weighted by Crippen LogP contribution is -2.44. The van der Waals surface area contributed by atoms with Crippen LogP contribution >= 0.6 is 0 Å². The third-order valence-electron chi connectivity index (χ3n) is 5.72. The quantitative estimate of drug-likeness (QED) is 0.769. The highest BCUT2D eigenvalue weighted by molar-refractivity contribution is 5.80. The average molecular weight is 375 g/mol. The molecule has 0 saturated carbocycles. The lowest BCUT2D eigenvalue weighted by atomic mass is 9.89. The predicted molar refractivity (Wildman–Crippen MR) is 90.2 cm³/mol. The van der Waals surface area contributed by atoms with Crippen molar-refractivity contribution in [2.75, 3.05) is 13.1 Å². The molecule has 5 rings (SSSR count). The van der Waals surface area contributed by atoms with Crippen LogP contribution in [0.4, 0.5) is 8.78 Å². The molecular weight excluding hydrogens is 356 g/mol. The molecular formula is C18H19F2N5O2. The van der Waals surface area contributed by atoms with Crippen LogP contribution in [0.2, 0.25) is 0 Å². The van der Waals surface area contributed by atoms with Crippen molar-refractivity contribution >= 4 is 11.7 Å². The molecule has 0 spiro atoms. The zero-order valence-corrected chi connectivity index (χ0v) is 14.5. The number of carbonyl (C=O) groups is 1. The van der Waals surface area contributed by atoms with Gasteiger partial charge in [0.15, 0.2) is 0 Å². The number of alkyl halides is 2. The van der Waals surface area contributed by atoms with E-state index in [1.54, 1.807) is 0 Å². The number of fused-ring (bicyclic) bond motifs is 3. The molecule has 0 N–H and O–H groups in total. The maximum absolute atomic E-state index is 13.4. The molecule has 9 heteroatoms. The summed E-state index contributed by atoms with van der Waals surface area (Å²) in [6.45, 7) is 1.16. The fraction of sp³-hybridized carbons (Fsp3) is 0.556. The summed E-state index contributed by atoms with van der Waals surface area (Å²) in [5.74, 6) is 0.0336. The highest BCUT2D eigenvalue weighted by atomic mass is 19.3. The van der Waals surface area contributed by atoms with Crippen LogP contribution in [0.1, 0.15) is 43.0 Å². The van der Waals surface area contributed by atoms with E-state index in [0.717, 1.165) is 23.8 Å². The topological polar surface area (TPSA) is 72.6 Å². The number of rotatable bonds is 3. The molecule has 4 atom stereocenters. The maximum Gasteiger partial charge on any atom is 0.280 e. The fourth-order valence-electron chi connectivity index (χ4n) is 4.39. The number of likely N-dealkylation sites (tertiary alicyclic amines) is 1. The van der Waals surface area contributed by atoms with E-state index < -0.39 is 6.43 Å². The van der Waals surface area contributed by atoms with Gasteiger partial charge in [-0.05, 0) is 25.3 Å². The molecule has 2 aromatic rings. The number of nitrogens with zero attached hydrogens (tertiary/aromatic N) is 5. The first-order valence-corrected chi connectivity index (χ1v) is 9.21. The number of piperidine rings is 1. The Morgan fingerprint density at radius 2 is 2.22 bits per heavy atom. The molecule has 2 bridgehead atoms. The van der Waals surface area contributed by atoms with Crippen LogP contribution in [0.5, 0.6) is 0 Å². The monoisotopic (exact) mass is 375 g/mol. The molecule has 5 heterocycles. The van der Waals surface area contributed by atoms with E-state index in [1.807, 2.05) is 17.1 Å². The van der Waals surface area contributed by atoms with Crippen LogP contribution in [-0.4, -0.2) is 55.7 Å². The summed E-state index contributed by atoms with van der Waals surface area (Å²) in [6.07, 6.45) is 4.79. The molecule has 2 saturated heterocycles. The molecule has 0 radical (unpaired) electrons. The van der Waals surface area contributed by atoms with Gasteiger partial charge in [-0.1, -0.05) is 12.2 Å². The Labute approximate surface area is 154 Å². The van der Waals surface area contributed by atoms with E-state index in [4.69, 9.17) is 4.74 Å². The lowest BCUT2D eigenvalue weighted by molar-refractivity contribution is -0.137. The van der Waals surface area contributed by atoms with E-state index in [-0.39, 0.29) is 41.4 Å². The van der Waals surface area contributed by atoms with Gasteiger partial charge in [0.2, 0.25) is 5.91 Å². The van der Waals surface area contributed by atoms with Crippen LogP contribution in [0, 0.1) is 5.92 Å². The van der Waals surface area contributed by atoms with Crippen molar-refractivity contribution in [3.63, 3.8) is 0 Å².